The highest BCUT2D eigenvalue weighted by atomic mass is 35.5. The highest BCUT2D eigenvalue weighted by molar-refractivity contribution is 7.93. The first-order valence-electron chi connectivity index (χ1n) is 11.2. The molecule has 2 aliphatic rings. The molecule has 2 aromatic rings. The molecular weight excluding hydrogens is 484 g/mol. The zero-order chi connectivity index (χ0) is 24.7. The minimum Gasteiger partial charge on any atom is -0.382 e. The van der Waals surface area contributed by atoms with Gasteiger partial charge in [0, 0.05) is 26.6 Å². The van der Waals surface area contributed by atoms with Crippen molar-refractivity contribution in [1.29, 1.82) is 0 Å². The van der Waals surface area contributed by atoms with Gasteiger partial charge >= 0.3 is 0 Å². The van der Waals surface area contributed by atoms with Crippen LogP contribution in [0.15, 0.2) is 12.4 Å². The Bertz CT molecular complexity index is 1120. The number of anilines is 1. The maximum atomic E-state index is 13.4. The molecule has 1 saturated carbocycles. The fourth-order valence-electron chi connectivity index (χ4n) is 4.41. The first kappa shape index (κ1) is 25.2. The molecule has 0 bridgehead atoms. The number of halogens is 1. The van der Waals surface area contributed by atoms with Gasteiger partial charge in [-0.3, -0.25) is 9.29 Å². The molecule has 3 atom stereocenters. The van der Waals surface area contributed by atoms with Crippen molar-refractivity contribution in [3.05, 3.63) is 29.1 Å². The molecule has 0 aromatic carbocycles. The fraction of sp³-hybridized carbons (Fsp3) is 0.714. The van der Waals surface area contributed by atoms with Crippen LogP contribution < -0.4 is 4.72 Å². The molecule has 0 spiro atoms. The van der Waals surface area contributed by atoms with Gasteiger partial charge in [-0.25, -0.2) is 18.4 Å². The number of methoxy groups -OCH3 is 2. The molecule has 3 heterocycles. The smallest absolute Gasteiger partial charge is 0.240 e. The van der Waals surface area contributed by atoms with Crippen molar-refractivity contribution in [2.45, 2.75) is 75.1 Å². The summed E-state index contributed by atoms with van der Waals surface area (Å²) in [4.78, 5) is 8.25. The molecule has 0 amide bonds. The molecule has 1 aliphatic carbocycles. The second kappa shape index (κ2) is 9.30. The average molecular weight is 515 g/mol. The number of hydrogen-bond acceptors (Lipinski definition) is 9. The monoisotopic (exact) mass is 514 g/mol. The predicted molar refractivity (Wildman–Crippen MR) is 125 cm³/mol. The van der Waals surface area contributed by atoms with Crippen molar-refractivity contribution >= 4 is 27.6 Å². The summed E-state index contributed by atoms with van der Waals surface area (Å²) < 4.78 is 48.4. The Hall–Kier alpha value is -1.86. The Morgan fingerprint density at radius 2 is 1.91 bits per heavy atom. The van der Waals surface area contributed by atoms with Gasteiger partial charge in [0.25, 0.3) is 0 Å². The second-order valence-corrected chi connectivity index (χ2v) is 12.0. The van der Waals surface area contributed by atoms with Gasteiger partial charge in [0.15, 0.2) is 11.6 Å². The van der Waals surface area contributed by atoms with Gasteiger partial charge in [-0.2, -0.15) is 0 Å². The van der Waals surface area contributed by atoms with Crippen LogP contribution in [0.3, 0.4) is 0 Å². The summed E-state index contributed by atoms with van der Waals surface area (Å²) in [5, 5.41) is 7.90. The van der Waals surface area contributed by atoms with Crippen LogP contribution in [0.25, 0.3) is 0 Å². The van der Waals surface area contributed by atoms with Gasteiger partial charge in [-0.05, 0) is 46.5 Å². The van der Waals surface area contributed by atoms with E-state index in [0.717, 1.165) is 25.7 Å². The van der Waals surface area contributed by atoms with E-state index in [2.05, 4.69) is 24.9 Å². The number of rotatable bonds is 10. The molecule has 2 fully saturated rings. The Kier molecular flexibility index (Phi) is 6.91. The minimum absolute atomic E-state index is 0.136. The largest absolute Gasteiger partial charge is 0.382 e. The van der Waals surface area contributed by atoms with E-state index < -0.39 is 26.9 Å². The molecule has 0 radical (unpaired) electrons. The number of nitrogens with zero attached hydrogens (tertiary/aromatic N) is 5. The summed E-state index contributed by atoms with van der Waals surface area (Å²) in [6.45, 7) is 6.01. The Labute approximate surface area is 204 Å². The SMILES string of the molecule is COCC1(n2c(NS(=O)(=O)[C@@H](C)[C@H](OC)c3ncc(Cl)cn3)nnc2C2CCC(C)(C)O2)CC1. The van der Waals surface area contributed by atoms with Gasteiger partial charge in [0.05, 0.1) is 22.8 Å². The lowest BCUT2D eigenvalue weighted by atomic mass is 10.1. The average Bonchev–Trinajstić information content (AvgIpc) is 3.28. The van der Waals surface area contributed by atoms with Crippen LogP contribution in [-0.2, 0) is 29.8 Å². The van der Waals surface area contributed by atoms with E-state index in [1.54, 1.807) is 7.11 Å². The van der Waals surface area contributed by atoms with E-state index in [9.17, 15) is 8.42 Å². The van der Waals surface area contributed by atoms with Crippen LogP contribution in [0, 0.1) is 0 Å². The normalized spacial score (nSPS) is 22.9. The molecule has 2 aromatic heterocycles. The Morgan fingerprint density at radius 3 is 2.44 bits per heavy atom. The quantitative estimate of drug-likeness (QED) is 0.508. The summed E-state index contributed by atoms with van der Waals surface area (Å²) >= 11 is 5.87. The van der Waals surface area contributed by atoms with E-state index in [-0.39, 0.29) is 23.5 Å². The number of hydrogen-bond donors (Lipinski definition) is 1. The Morgan fingerprint density at radius 1 is 1.24 bits per heavy atom. The fourth-order valence-corrected chi connectivity index (χ4v) is 5.63. The molecule has 188 valence electrons. The van der Waals surface area contributed by atoms with Crippen LogP contribution in [0.5, 0.6) is 0 Å². The van der Waals surface area contributed by atoms with Crippen molar-refractivity contribution in [2.75, 3.05) is 25.5 Å². The zero-order valence-electron chi connectivity index (χ0n) is 20.0. The molecule has 1 aliphatic heterocycles. The summed E-state index contributed by atoms with van der Waals surface area (Å²) in [5.41, 5.74) is -0.692. The van der Waals surface area contributed by atoms with Crippen LogP contribution in [0.4, 0.5) is 5.95 Å². The van der Waals surface area contributed by atoms with Gasteiger partial charge in [-0.15, -0.1) is 10.2 Å². The van der Waals surface area contributed by atoms with Gasteiger partial charge in [0.2, 0.25) is 16.0 Å². The topological polar surface area (TPSA) is 130 Å². The molecule has 1 unspecified atom stereocenters. The van der Waals surface area contributed by atoms with Crippen LogP contribution in [0.1, 0.15) is 70.3 Å². The molecule has 34 heavy (non-hydrogen) atoms. The van der Waals surface area contributed by atoms with E-state index >= 15 is 0 Å². The number of ether oxygens (including phenoxy) is 3. The number of nitrogens with one attached hydrogen (secondary N) is 1. The Balaban J connectivity index is 1.65. The lowest BCUT2D eigenvalue weighted by Crippen LogP contribution is -2.35. The number of sulfonamides is 1. The third kappa shape index (κ3) is 4.92. The van der Waals surface area contributed by atoms with Gasteiger partial charge < -0.3 is 14.2 Å². The summed E-state index contributed by atoms with van der Waals surface area (Å²) in [5.74, 6) is 0.956. The molecule has 4 rings (SSSR count). The zero-order valence-corrected chi connectivity index (χ0v) is 21.6. The van der Waals surface area contributed by atoms with Crippen molar-refractivity contribution in [1.82, 2.24) is 24.7 Å². The van der Waals surface area contributed by atoms with Crippen LogP contribution in [0.2, 0.25) is 5.02 Å². The number of aromatic nitrogens is 5. The highest BCUT2D eigenvalue weighted by Crippen LogP contribution is 2.49. The molecule has 13 heteroatoms. The maximum Gasteiger partial charge on any atom is 0.240 e. The van der Waals surface area contributed by atoms with E-state index in [4.69, 9.17) is 25.8 Å². The highest BCUT2D eigenvalue weighted by Gasteiger charge is 2.50. The standard InChI is InChI=1S/C21H31ClN6O5S/c1-13(16(32-5)17-23-10-14(22)11-24-17)34(29,30)27-19-26-25-18(15-6-7-20(2,3)33-15)28(19)21(8-9-21)12-31-4/h10-11,13,15-16H,6-9,12H2,1-5H3,(H,26,27)/t13-,15?,16-/m0/s1. The van der Waals surface area contributed by atoms with E-state index in [1.165, 1.54) is 26.4 Å². The third-order valence-electron chi connectivity index (χ3n) is 6.46. The van der Waals surface area contributed by atoms with Gasteiger partial charge in [0.1, 0.15) is 17.5 Å². The van der Waals surface area contributed by atoms with E-state index in [0.29, 0.717) is 17.5 Å². The van der Waals surface area contributed by atoms with Crippen molar-refractivity contribution in [3.8, 4) is 0 Å². The lowest BCUT2D eigenvalue weighted by molar-refractivity contribution is -0.0229. The molecule has 11 nitrogen and oxygen atoms in total. The van der Waals surface area contributed by atoms with Crippen molar-refractivity contribution in [3.63, 3.8) is 0 Å². The summed E-state index contributed by atoms with van der Waals surface area (Å²) in [6.07, 6.45) is 4.90. The second-order valence-electron chi connectivity index (χ2n) is 9.55. The lowest BCUT2D eigenvalue weighted by Gasteiger charge is -2.26. The minimum atomic E-state index is -3.98. The first-order chi connectivity index (χ1) is 16.0. The van der Waals surface area contributed by atoms with Crippen LogP contribution >= 0.6 is 11.6 Å². The molecular formula is C21H31ClN6O5S. The third-order valence-corrected chi connectivity index (χ3v) is 8.35. The van der Waals surface area contributed by atoms with Crippen molar-refractivity contribution in [2.24, 2.45) is 0 Å². The maximum absolute atomic E-state index is 13.4. The van der Waals surface area contributed by atoms with Crippen molar-refractivity contribution < 1.29 is 22.6 Å². The van der Waals surface area contributed by atoms with Gasteiger partial charge in [-0.1, -0.05) is 11.6 Å². The summed E-state index contributed by atoms with van der Waals surface area (Å²) in [6, 6.07) is 0. The summed E-state index contributed by atoms with van der Waals surface area (Å²) in [7, 11) is -0.944. The van der Waals surface area contributed by atoms with Crippen LogP contribution in [-0.4, -0.2) is 64.8 Å². The van der Waals surface area contributed by atoms with E-state index in [1.807, 2.05) is 18.4 Å². The first-order valence-corrected chi connectivity index (χ1v) is 13.1. The molecule has 1 saturated heterocycles. The predicted octanol–water partition coefficient (Wildman–Crippen LogP) is 3.01. The molecule has 1 N–H and O–H groups in total.